The number of primary amides is 1. The largest absolute Gasteiger partial charge is 0.389 e. The molecular formula is C10H14N2O4S. The van der Waals surface area contributed by atoms with E-state index in [1.54, 1.807) is 6.92 Å². The second kappa shape index (κ2) is 5.26. The SMILES string of the molecule is CC(O)c1ccc(S(=O)(=O)NCC(N)=O)cc1. The minimum atomic E-state index is -3.73. The molecule has 1 aromatic carbocycles. The highest BCUT2D eigenvalue weighted by atomic mass is 32.2. The molecular weight excluding hydrogens is 244 g/mol. The first-order chi connectivity index (χ1) is 7.83. The van der Waals surface area contributed by atoms with Gasteiger partial charge >= 0.3 is 0 Å². The van der Waals surface area contributed by atoms with Gasteiger partial charge in [0.05, 0.1) is 17.5 Å². The summed E-state index contributed by atoms with van der Waals surface area (Å²) in [7, 11) is -3.73. The average Bonchev–Trinajstić information content (AvgIpc) is 2.27. The van der Waals surface area contributed by atoms with E-state index in [0.717, 1.165) is 0 Å². The van der Waals surface area contributed by atoms with E-state index in [0.29, 0.717) is 5.56 Å². The maximum atomic E-state index is 11.6. The third-order valence-electron chi connectivity index (χ3n) is 2.11. The molecule has 1 unspecified atom stereocenters. The number of hydrogen-bond acceptors (Lipinski definition) is 4. The van der Waals surface area contributed by atoms with Gasteiger partial charge in [-0.3, -0.25) is 4.79 Å². The summed E-state index contributed by atoms with van der Waals surface area (Å²) in [5, 5.41) is 9.27. The number of benzene rings is 1. The first-order valence-corrected chi connectivity index (χ1v) is 6.37. The van der Waals surface area contributed by atoms with Gasteiger partial charge < -0.3 is 10.8 Å². The van der Waals surface area contributed by atoms with E-state index in [9.17, 15) is 18.3 Å². The molecule has 0 aliphatic heterocycles. The molecule has 94 valence electrons. The Morgan fingerprint density at radius 3 is 2.35 bits per heavy atom. The van der Waals surface area contributed by atoms with Crippen LogP contribution in [0.4, 0.5) is 0 Å². The summed E-state index contributed by atoms with van der Waals surface area (Å²) in [5.74, 6) is -0.755. The van der Waals surface area contributed by atoms with Crippen LogP contribution in [0, 0.1) is 0 Å². The second-order valence-electron chi connectivity index (χ2n) is 3.54. The summed E-state index contributed by atoms with van der Waals surface area (Å²) in [6.45, 7) is 1.13. The van der Waals surface area contributed by atoms with E-state index in [2.05, 4.69) is 4.72 Å². The Morgan fingerprint density at radius 2 is 1.94 bits per heavy atom. The maximum absolute atomic E-state index is 11.6. The molecule has 17 heavy (non-hydrogen) atoms. The summed E-state index contributed by atoms with van der Waals surface area (Å²) in [6, 6.07) is 5.71. The van der Waals surface area contributed by atoms with Crippen LogP contribution in [0.1, 0.15) is 18.6 Å². The molecule has 7 heteroatoms. The van der Waals surface area contributed by atoms with Gasteiger partial charge in [-0.15, -0.1) is 0 Å². The molecule has 1 amide bonds. The molecule has 0 saturated heterocycles. The predicted octanol–water partition coefficient (Wildman–Crippen LogP) is -0.496. The maximum Gasteiger partial charge on any atom is 0.241 e. The lowest BCUT2D eigenvalue weighted by Crippen LogP contribution is -2.33. The number of hydrogen-bond donors (Lipinski definition) is 3. The molecule has 6 nitrogen and oxygen atoms in total. The lowest BCUT2D eigenvalue weighted by atomic mass is 10.1. The topological polar surface area (TPSA) is 109 Å². The standard InChI is InChI=1S/C10H14N2O4S/c1-7(13)8-2-4-9(5-3-8)17(15,16)12-6-10(11)14/h2-5,7,12-13H,6H2,1H3,(H2,11,14). The number of aliphatic hydroxyl groups is 1. The van der Waals surface area contributed by atoms with E-state index in [1.165, 1.54) is 24.3 Å². The number of carbonyl (C=O) groups excluding carboxylic acids is 1. The fraction of sp³-hybridized carbons (Fsp3) is 0.300. The smallest absolute Gasteiger partial charge is 0.241 e. The van der Waals surface area contributed by atoms with Crippen LogP contribution in [-0.4, -0.2) is 26.0 Å². The number of carbonyl (C=O) groups is 1. The molecule has 0 aliphatic rings. The lowest BCUT2D eigenvalue weighted by molar-refractivity contribution is -0.116. The van der Waals surface area contributed by atoms with Crippen LogP contribution in [0.5, 0.6) is 0 Å². The third kappa shape index (κ3) is 3.81. The highest BCUT2D eigenvalue weighted by Crippen LogP contribution is 2.15. The molecule has 0 spiro atoms. The van der Waals surface area contributed by atoms with Gasteiger partial charge in [0.25, 0.3) is 0 Å². The van der Waals surface area contributed by atoms with Gasteiger partial charge in [0, 0.05) is 0 Å². The lowest BCUT2D eigenvalue weighted by Gasteiger charge is -2.07. The van der Waals surface area contributed by atoms with Crippen molar-refractivity contribution in [2.45, 2.75) is 17.9 Å². The summed E-state index contributed by atoms with van der Waals surface area (Å²) < 4.78 is 25.3. The quantitative estimate of drug-likeness (QED) is 0.661. The van der Waals surface area contributed by atoms with Crippen molar-refractivity contribution in [3.05, 3.63) is 29.8 Å². The zero-order chi connectivity index (χ0) is 13.1. The molecule has 0 heterocycles. The van der Waals surface area contributed by atoms with Crippen molar-refractivity contribution in [3.8, 4) is 0 Å². The van der Waals surface area contributed by atoms with Crippen LogP contribution >= 0.6 is 0 Å². The highest BCUT2D eigenvalue weighted by molar-refractivity contribution is 7.89. The van der Waals surface area contributed by atoms with E-state index >= 15 is 0 Å². The predicted molar refractivity (Wildman–Crippen MR) is 61.5 cm³/mol. The first kappa shape index (κ1) is 13.6. The molecule has 0 saturated carbocycles. The van der Waals surface area contributed by atoms with Crippen LogP contribution in [0.3, 0.4) is 0 Å². The van der Waals surface area contributed by atoms with Gasteiger partial charge in [-0.1, -0.05) is 12.1 Å². The number of amides is 1. The molecule has 1 aromatic rings. The Bertz CT molecular complexity index is 494. The summed E-state index contributed by atoms with van der Waals surface area (Å²) >= 11 is 0. The summed E-state index contributed by atoms with van der Waals surface area (Å²) in [6.07, 6.45) is -0.662. The second-order valence-corrected chi connectivity index (χ2v) is 5.30. The van der Waals surface area contributed by atoms with Crippen molar-refractivity contribution >= 4 is 15.9 Å². The number of rotatable bonds is 5. The van der Waals surface area contributed by atoms with Crippen molar-refractivity contribution in [2.75, 3.05) is 6.54 Å². The Kier molecular flexibility index (Phi) is 4.22. The van der Waals surface area contributed by atoms with Crippen molar-refractivity contribution in [3.63, 3.8) is 0 Å². The van der Waals surface area contributed by atoms with Crippen molar-refractivity contribution in [2.24, 2.45) is 5.73 Å². The highest BCUT2D eigenvalue weighted by Gasteiger charge is 2.14. The molecule has 0 fully saturated rings. The number of sulfonamides is 1. The van der Waals surface area contributed by atoms with Gasteiger partial charge in [-0.2, -0.15) is 0 Å². The van der Waals surface area contributed by atoms with Crippen molar-refractivity contribution in [1.29, 1.82) is 0 Å². The molecule has 0 bridgehead atoms. The number of nitrogens with two attached hydrogens (primary N) is 1. The third-order valence-corrected chi connectivity index (χ3v) is 3.53. The van der Waals surface area contributed by atoms with Crippen LogP contribution in [-0.2, 0) is 14.8 Å². The Morgan fingerprint density at radius 1 is 1.41 bits per heavy atom. The van der Waals surface area contributed by atoms with Crippen LogP contribution < -0.4 is 10.5 Å². The Hall–Kier alpha value is -1.44. The van der Waals surface area contributed by atoms with Gasteiger partial charge in [0.15, 0.2) is 0 Å². The van der Waals surface area contributed by atoms with E-state index in [-0.39, 0.29) is 4.90 Å². The average molecular weight is 258 g/mol. The van der Waals surface area contributed by atoms with E-state index in [1.807, 2.05) is 0 Å². The normalized spacial score (nSPS) is 13.3. The zero-order valence-corrected chi connectivity index (χ0v) is 10.1. The molecule has 4 N–H and O–H groups in total. The van der Waals surface area contributed by atoms with Crippen LogP contribution in [0.2, 0.25) is 0 Å². The zero-order valence-electron chi connectivity index (χ0n) is 9.25. The summed E-state index contributed by atoms with van der Waals surface area (Å²) in [4.78, 5) is 10.5. The van der Waals surface area contributed by atoms with Crippen molar-refractivity contribution < 1.29 is 18.3 Å². The molecule has 0 radical (unpaired) electrons. The van der Waals surface area contributed by atoms with Crippen molar-refractivity contribution in [1.82, 2.24) is 4.72 Å². The minimum absolute atomic E-state index is 0.0168. The molecule has 1 rings (SSSR count). The summed E-state index contributed by atoms with van der Waals surface area (Å²) in [5.41, 5.74) is 5.45. The van der Waals surface area contributed by atoms with Gasteiger partial charge in [-0.25, -0.2) is 13.1 Å². The molecule has 0 aromatic heterocycles. The van der Waals surface area contributed by atoms with E-state index < -0.39 is 28.6 Å². The Balaban J connectivity index is 2.89. The van der Waals surface area contributed by atoms with Crippen LogP contribution in [0.25, 0.3) is 0 Å². The van der Waals surface area contributed by atoms with Crippen LogP contribution in [0.15, 0.2) is 29.2 Å². The molecule has 0 aliphatic carbocycles. The van der Waals surface area contributed by atoms with Gasteiger partial charge in [0.1, 0.15) is 0 Å². The number of nitrogens with one attached hydrogen (secondary N) is 1. The van der Waals surface area contributed by atoms with Gasteiger partial charge in [0.2, 0.25) is 15.9 Å². The van der Waals surface area contributed by atoms with Gasteiger partial charge in [-0.05, 0) is 24.6 Å². The monoisotopic (exact) mass is 258 g/mol. The fourth-order valence-electron chi connectivity index (χ4n) is 1.17. The number of aliphatic hydroxyl groups excluding tert-OH is 1. The fourth-order valence-corrected chi connectivity index (χ4v) is 2.17. The first-order valence-electron chi connectivity index (χ1n) is 4.89. The Labute approximate surface area is 99.5 Å². The van der Waals surface area contributed by atoms with E-state index in [4.69, 9.17) is 5.73 Å². The minimum Gasteiger partial charge on any atom is -0.389 e. The molecule has 1 atom stereocenters.